The van der Waals surface area contributed by atoms with E-state index in [0.29, 0.717) is 12.2 Å². The summed E-state index contributed by atoms with van der Waals surface area (Å²) >= 11 is 0. The van der Waals surface area contributed by atoms with Gasteiger partial charge in [-0.1, -0.05) is 0 Å². The van der Waals surface area contributed by atoms with Crippen LogP contribution in [0.1, 0.15) is 12.6 Å². The number of aliphatic hydroxyl groups excluding tert-OH is 1. The van der Waals surface area contributed by atoms with Gasteiger partial charge >= 0.3 is 0 Å². The molecule has 0 aliphatic rings. The first-order valence-electron chi connectivity index (χ1n) is 4.78. The van der Waals surface area contributed by atoms with Crippen LogP contribution in [0.3, 0.4) is 0 Å². The summed E-state index contributed by atoms with van der Waals surface area (Å²) in [5.41, 5.74) is 7.40. The van der Waals surface area contributed by atoms with Crippen molar-refractivity contribution < 1.29 is 5.11 Å². The lowest BCUT2D eigenvalue weighted by atomic mass is 10.3. The summed E-state index contributed by atoms with van der Waals surface area (Å²) in [6.07, 6.45) is 0. The van der Waals surface area contributed by atoms with Crippen LogP contribution in [0.4, 0.5) is 11.5 Å². The summed E-state index contributed by atoms with van der Waals surface area (Å²) in [5, 5.41) is 8.88. The van der Waals surface area contributed by atoms with Gasteiger partial charge in [0, 0.05) is 18.8 Å². The van der Waals surface area contributed by atoms with Crippen molar-refractivity contribution in [3.63, 3.8) is 0 Å². The molecular weight excluding hydrogens is 178 g/mol. The van der Waals surface area contributed by atoms with Gasteiger partial charge in [0.15, 0.2) is 5.82 Å². The zero-order chi connectivity index (χ0) is 10.6. The van der Waals surface area contributed by atoms with Crippen LogP contribution in [0.15, 0.2) is 12.1 Å². The highest BCUT2D eigenvalue weighted by Gasteiger charge is 2.08. The van der Waals surface area contributed by atoms with Gasteiger partial charge in [-0.05, 0) is 26.0 Å². The van der Waals surface area contributed by atoms with Gasteiger partial charge in [0.25, 0.3) is 0 Å². The van der Waals surface area contributed by atoms with Crippen molar-refractivity contribution >= 4 is 11.5 Å². The first kappa shape index (κ1) is 10.8. The number of aliphatic hydroxyl groups is 1. The third-order valence-electron chi connectivity index (χ3n) is 2.10. The van der Waals surface area contributed by atoms with E-state index in [9.17, 15) is 0 Å². The molecule has 14 heavy (non-hydrogen) atoms. The second-order valence-corrected chi connectivity index (χ2v) is 3.17. The van der Waals surface area contributed by atoms with Crippen molar-refractivity contribution in [3.8, 4) is 0 Å². The molecule has 3 N–H and O–H groups in total. The van der Waals surface area contributed by atoms with Crippen molar-refractivity contribution in [1.82, 2.24) is 4.98 Å². The Hall–Kier alpha value is -1.29. The molecule has 0 saturated heterocycles. The average Bonchev–Trinajstić information content (AvgIpc) is 2.18. The Labute approximate surface area is 84.4 Å². The number of nitrogens with two attached hydrogens (primary N) is 1. The molecule has 0 bridgehead atoms. The molecule has 0 aliphatic carbocycles. The fourth-order valence-electron chi connectivity index (χ4n) is 1.34. The van der Waals surface area contributed by atoms with E-state index in [1.54, 1.807) is 0 Å². The Balaban J connectivity index is 2.96. The van der Waals surface area contributed by atoms with Gasteiger partial charge in [-0.25, -0.2) is 4.98 Å². The maximum atomic E-state index is 8.88. The predicted molar refractivity (Wildman–Crippen MR) is 58.4 cm³/mol. The molecule has 0 atom stereocenters. The highest BCUT2D eigenvalue weighted by Crippen LogP contribution is 2.19. The monoisotopic (exact) mass is 195 g/mol. The summed E-state index contributed by atoms with van der Waals surface area (Å²) in [6.45, 7) is 5.41. The van der Waals surface area contributed by atoms with Crippen molar-refractivity contribution in [2.24, 2.45) is 0 Å². The van der Waals surface area contributed by atoms with Crippen LogP contribution < -0.4 is 10.6 Å². The first-order chi connectivity index (χ1) is 6.69. The number of hydrogen-bond acceptors (Lipinski definition) is 4. The lowest BCUT2D eigenvalue weighted by Gasteiger charge is -2.22. The predicted octanol–water partition coefficient (Wildman–Crippen LogP) is 0.791. The van der Waals surface area contributed by atoms with Gasteiger partial charge in [0.1, 0.15) is 0 Å². The Bertz CT molecular complexity index is 301. The summed E-state index contributed by atoms with van der Waals surface area (Å²) in [5.74, 6) is 0.765. The number of nitrogen functional groups attached to an aromatic ring is 1. The number of aryl methyl sites for hydroxylation is 1. The lowest BCUT2D eigenvalue weighted by Crippen LogP contribution is -2.28. The molecule has 1 aromatic rings. The number of rotatable bonds is 4. The standard InChI is InChI=1S/C10H17N3O/c1-3-13(6-7-14)10-9(11)5-4-8(2)12-10/h4-5,14H,3,6-7,11H2,1-2H3. The number of aromatic nitrogens is 1. The number of pyridine rings is 1. The van der Waals surface area contributed by atoms with Crippen LogP contribution in [0.25, 0.3) is 0 Å². The Morgan fingerprint density at radius 1 is 1.50 bits per heavy atom. The van der Waals surface area contributed by atoms with Crippen LogP contribution in [-0.2, 0) is 0 Å². The van der Waals surface area contributed by atoms with E-state index in [1.807, 2.05) is 30.9 Å². The summed E-state index contributed by atoms with van der Waals surface area (Å²) in [4.78, 5) is 6.31. The lowest BCUT2D eigenvalue weighted by molar-refractivity contribution is 0.302. The van der Waals surface area contributed by atoms with Crippen molar-refractivity contribution in [2.75, 3.05) is 30.3 Å². The van der Waals surface area contributed by atoms with Crippen LogP contribution in [0.5, 0.6) is 0 Å². The second kappa shape index (κ2) is 4.81. The topological polar surface area (TPSA) is 62.4 Å². The Kier molecular flexibility index (Phi) is 3.71. The number of hydrogen-bond donors (Lipinski definition) is 2. The van der Waals surface area contributed by atoms with Crippen LogP contribution >= 0.6 is 0 Å². The summed E-state index contributed by atoms with van der Waals surface area (Å²) in [6, 6.07) is 3.73. The van der Waals surface area contributed by atoms with E-state index in [4.69, 9.17) is 10.8 Å². The van der Waals surface area contributed by atoms with Crippen LogP contribution in [0.2, 0.25) is 0 Å². The highest BCUT2D eigenvalue weighted by atomic mass is 16.3. The fraction of sp³-hybridized carbons (Fsp3) is 0.500. The normalized spacial score (nSPS) is 10.2. The first-order valence-corrected chi connectivity index (χ1v) is 4.78. The maximum Gasteiger partial charge on any atom is 0.152 e. The van der Waals surface area contributed by atoms with E-state index in [-0.39, 0.29) is 6.61 Å². The van der Waals surface area contributed by atoms with Gasteiger partial charge in [-0.3, -0.25) is 0 Å². The van der Waals surface area contributed by atoms with E-state index < -0.39 is 0 Å². The summed E-state index contributed by atoms with van der Waals surface area (Å²) in [7, 11) is 0. The van der Waals surface area contributed by atoms with Gasteiger partial charge in [0.05, 0.1) is 12.3 Å². The highest BCUT2D eigenvalue weighted by molar-refractivity contribution is 5.62. The molecule has 0 aromatic carbocycles. The molecule has 0 spiro atoms. The molecule has 0 radical (unpaired) electrons. The quantitative estimate of drug-likeness (QED) is 0.745. The third kappa shape index (κ3) is 2.35. The minimum atomic E-state index is 0.114. The van der Waals surface area contributed by atoms with Gasteiger partial charge in [-0.2, -0.15) is 0 Å². The van der Waals surface area contributed by atoms with E-state index >= 15 is 0 Å². The van der Waals surface area contributed by atoms with E-state index in [1.165, 1.54) is 0 Å². The SMILES string of the molecule is CCN(CCO)c1nc(C)ccc1N. The van der Waals surface area contributed by atoms with Gasteiger partial charge < -0.3 is 15.7 Å². The van der Waals surface area contributed by atoms with E-state index in [2.05, 4.69) is 4.98 Å². The van der Waals surface area contributed by atoms with Crippen molar-refractivity contribution in [1.29, 1.82) is 0 Å². The zero-order valence-corrected chi connectivity index (χ0v) is 8.70. The molecule has 0 fully saturated rings. The smallest absolute Gasteiger partial charge is 0.152 e. The molecule has 0 aliphatic heterocycles. The van der Waals surface area contributed by atoms with Crippen LogP contribution in [0, 0.1) is 6.92 Å². The van der Waals surface area contributed by atoms with E-state index in [0.717, 1.165) is 18.1 Å². The number of likely N-dealkylation sites (N-methyl/N-ethyl adjacent to an activating group) is 1. The molecule has 1 aromatic heterocycles. The zero-order valence-electron chi connectivity index (χ0n) is 8.70. The second-order valence-electron chi connectivity index (χ2n) is 3.17. The molecule has 4 nitrogen and oxygen atoms in total. The molecule has 0 amide bonds. The van der Waals surface area contributed by atoms with Crippen LogP contribution in [-0.4, -0.2) is 29.8 Å². The van der Waals surface area contributed by atoms with Gasteiger partial charge in [0.2, 0.25) is 0 Å². The average molecular weight is 195 g/mol. The molecule has 0 unspecified atom stereocenters. The minimum absolute atomic E-state index is 0.114. The molecule has 78 valence electrons. The minimum Gasteiger partial charge on any atom is -0.396 e. The third-order valence-corrected chi connectivity index (χ3v) is 2.10. The molecule has 4 heteroatoms. The largest absolute Gasteiger partial charge is 0.396 e. The summed E-state index contributed by atoms with van der Waals surface area (Å²) < 4.78 is 0. The van der Waals surface area contributed by atoms with Crippen molar-refractivity contribution in [3.05, 3.63) is 17.8 Å². The molecular formula is C10H17N3O. The molecule has 1 rings (SSSR count). The fourth-order valence-corrected chi connectivity index (χ4v) is 1.34. The number of nitrogens with zero attached hydrogens (tertiary/aromatic N) is 2. The van der Waals surface area contributed by atoms with Gasteiger partial charge in [-0.15, -0.1) is 0 Å². The van der Waals surface area contributed by atoms with Crippen molar-refractivity contribution in [2.45, 2.75) is 13.8 Å². The molecule has 0 saturated carbocycles. The number of anilines is 2. The Morgan fingerprint density at radius 3 is 2.79 bits per heavy atom. The molecule has 1 heterocycles. The maximum absolute atomic E-state index is 8.88. The Morgan fingerprint density at radius 2 is 2.21 bits per heavy atom.